The first-order valence-electron chi connectivity index (χ1n) is 8.69. The SMILES string of the molecule is CN(C)CCO[C@@H]1[C@H]2CC[C@@](C)([C@H]1c1ccccc1)C2(C)C. The number of fused-ring (bicyclic) bond motifs is 2. The number of likely N-dealkylation sites (N-methyl/N-ethyl adjacent to an activating group) is 1. The highest BCUT2D eigenvalue weighted by molar-refractivity contribution is 5.31. The van der Waals surface area contributed by atoms with Gasteiger partial charge in [0.1, 0.15) is 0 Å². The Labute approximate surface area is 135 Å². The predicted octanol–water partition coefficient (Wildman–Crippen LogP) is 4.17. The summed E-state index contributed by atoms with van der Waals surface area (Å²) in [6.45, 7) is 9.28. The lowest BCUT2D eigenvalue weighted by atomic mass is 9.65. The fourth-order valence-electron chi connectivity index (χ4n) is 5.09. The summed E-state index contributed by atoms with van der Waals surface area (Å²) in [6, 6.07) is 11.1. The molecule has 0 unspecified atom stereocenters. The van der Waals surface area contributed by atoms with Crippen molar-refractivity contribution in [1.29, 1.82) is 0 Å². The normalized spacial score (nSPS) is 36.2. The van der Waals surface area contributed by atoms with E-state index in [1.165, 1.54) is 18.4 Å². The highest BCUT2D eigenvalue weighted by atomic mass is 16.5. The number of hydrogen-bond donors (Lipinski definition) is 0. The van der Waals surface area contributed by atoms with Crippen LogP contribution in [0.25, 0.3) is 0 Å². The van der Waals surface area contributed by atoms with E-state index in [9.17, 15) is 0 Å². The van der Waals surface area contributed by atoms with E-state index >= 15 is 0 Å². The first-order chi connectivity index (χ1) is 10.4. The van der Waals surface area contributed by atoms with Crippen LogP contribution in [0.5, 0.6) is 0 Å². The summed E-state index contributed by atoms with van der Waals surface area (Å²) in [5.41, 5.74) is 2.17. The van der Waals surface area contributed by atoms with Gasteiger partial charge >= 0.3 is 0 Å². The zero-order valence-electron chi connectivity index (χ0n) is 14.8. The summed E-state index contributed by atoms with van der Waals surface area (Å²) in [5, 5.41) is 0. The molecule has 122 valence electrons. The maximum Gasteiger partial charge on any atom is 0.0683 e. The minimum atomic E-state index is 0.349. The van der Waals surface area contributed by atoms with Gasteiger partial charge in [-0.2, -0.15) is 0 Å². The highest BCUT2D eigenvalue weighted by Gasteiger charge is 2.66. The third-order valence-corrected chi connectivity index (χ3v) is 6.79. The van der Waals surface area contributed by atoms with Crippen molar-refractivity contribution in [3.8, 4) is 0 Å². The predicted molar refractivity (Wildman–Crippen MR) is 92.1 cm³/mol. The lowest BCUT2D eigenvalue weighted by Crippen LogP contribution is -2.35. The monoisotopic (exact) mass is 301 g/mol. The van der Waals surface area contributed by atoms with Crippen molar-refractivity contribution in [2.24, 2.45) is 16.7 Å². The van der Waals surface area contributed by atoms with Crippen molar-refractivity contribution in [3.63, 3.8) is 0 Å². The van der Waals surface area contributed by atoms with Crippen LogP contribution in [-0.4, -0.2) is 38.3 Å². The molecule has 0 N–H and O–H groups in total. The Bertz CT molecular complexity index is 510. The lowest BCUT2D eigenvalue weighted by Gasteiger charge is -2.40. The molecule has 1 aromatic carbocycles. The molecule has 4 atom stereocenters. The van der Waals surface area contributed by atoms with Crippen molar-refractivity contribution < 1.29 is 4.74 Å². The molecule has 0 saturated heterocycles. The minimum Gasteiger partial charge on any atom is -0.376 e. The molecule has 2 heteroatoms. The number of hydrogen-bond acceptors (Lipinski definition) is 2. The van der Waals surface area contributed by atoms with Crippen LogP contribution in [0.4, 0.5) is 0 Å². The average molecular weight is 301 g/mol. The van der Waals surface area contributed by atoms with Crippen molar-refractivity contribution in [1.82, 2.24) is 4.90 Å². The number of ether oxygens (including phenoxy) is 1. The molecule has 1 aromatic rings. The Morgan fingerprint density at radius 1 is 1.14 bits per heavy atom. The molecular formula is C20H31NO. The molecular weight excluding hydrogens is 270 g/mol. The maximum atomic E-state index is 6.47. The Kier molecular flexibility index (Phi) is 4.11. The van der Waals surface area contributed by atoms with E-state index < -0.39 is 0 Å². The molecule has 2 fully saturated rings. The molecule has 0 radical (unpaired) electrons. The van der Waals surface area contributed by atoms with Crippen LogP contribution in [0.3, 0.4) is 0 Å². The Morgan fingerprint density at radius 3 is 2.45 bits per heavy atom. The molecule has 2 aliphatic carbocycles. The van der Waals surface area contributed by atoms with Crippen LogP contribution in [0.1, 0.15) is 45.1 Å². The summed E-state index contributed by atoms with van der Waals surface area (Å²) in [4.78, 5) is 2.21. The Morgan fingerprint density at radius 2 is 1.82 bits per heavy atom. The van der Waals surface area contributed by atoms with E-state index in [2.05, 4.69) is 70.1 Å². The first kappa shape index (κ1) is 16.0. The van der Waals surface area contributed by atoms with Gasteiger partial charge in [0.15, 0.2) is 0 Å². The van der Waals surface area contributed by atoms with Gasteiger partial charge in [0.05, 0.1) is 12.7 Å². The molecule has 2 saturated carbocycles. The average Bonchev–Trinajstić information content (AvgIpc) is 2.78. The van der Waals surface area contributed by atoms with Crippen LogP contribution in [0, 0.1) is 16.7 Å². The van der Waals surface area contributed by atoms with Crippen LogP contribution < -0.4 is 0 Å². The van der Waals surface area contributed by atoms with E-state index in [0.717, 1.165) is 13.2 Å². The third-order valence-electron chi connectivity index (χ3n) is 6.79. The third kappa shape index (κ3) is 2.32. The van der Waals surface area contributed by atoms with Gasteiger partial charge in [-0.3, -0.25) is 0 Å². The molecule has 2 nitrogen and oxygen atoms in total. The van der Waals surface area contributed by atoms with Crippen molar-refractivity contribution in [2.45, 2.75) is 45.6 Å². The second kappa shape index (κ2) is 5.65. The van der Waals surface area contributed by atoms with Crippen LogP contribution >= 0.6 is 0 Å². The van der Waals surface area contributed by atoms with Gasteiger partial charge in [0.2, 0.25) is 0 Å². The van der Waals surface area contributed by atoms with Crippen LogP contribution in [-0.2, 0) is 4.74 Å². The first-order valence-corrected chi connectivity index (χ1v) is 8.69. The molecule has 22 heavy (non-hydrogen) atoms. The van der Waals surface area contributed by atoms with Gasteiger partial charge in [0.25, 0.3) is 0 Å². The van der Waals surface area contributed by atoms with Gasteiger partial charge in [0, 0.05) is 12.5 Å². The van der Waals surface area contributed by atoms with E-state index in [1.807, 2.05) is 0 Å². The second-order valence-electron chi connectivity index (χ2n) is 8.31. The van der Waals surface area contributed by atoms with Gasteiger partial charge < -0.3 is 9.64 Å². The zero-order chi connectivity index (χ0) is 16.0. The van der Waals surface area contributed by atoms with Gasteiger partial charge in [-0.1, -0.05) is 51.1 Å². The summed E-state index contributed by atoms with van der Waals surface area (Å²) < 4.78 is 6.47. The van der Waals surface area contributed by atoms with Crippen LogP contribution in [0.15, 0.2) is 30.3 Å². The molecule has 3 rings (SSSR count). The smallest absolute Gasteiger partial charge is 0.0683 e. The van der Waals surface area contributed by atoms with Gasteiger partial charge in [-0.05, 0) is 49.2 Å². The summed E-state index contributed by atoms with van der Waals surface area (Å²) in [6.07, 6.45) is 3.02. The molecule has 0 spiro atoms. The topological polar surface area (TPSA) is 12.5 Å². The second-order valence-corrected chi connectivity index (χ2v) is 8.31. The fraction of sp³-hybridized carbons (Fsp3) is 0.700. The summed E-state index contributed by atoms with van der Waals surface area (Å²) in [5.74, 6) is 1.22. The van der Waals surface area contributed by atoms with E-state index in [0.29, 0.717) is 28.8 Å². The molecule has 2 bridgehead atoms. The summed E-state index contributed by atoms with van der Waals surface area (Å²) >= 11 is 0. The highest BCUT2D eigenvalue weighted by Crippen LogP contribution is 2.71. The van der Waals surface area contributed by atoms with Gasteiger partial charge in [-0.15, -0.1) is 0 Å². The quantitative estimate of drug-likeness (QED) is 0.809. The molecule has 0 aliphatic heterocycles. The van der Waals surface area contributed by atoms with Crippen molar-refractivity contribution >= 4 is 0 Å². The molecule has 2 aliphatic rings. The number of rotatable bonds is 5. The van der Waals surface area contributed by atoms with Crippen LogP contribution in [0.2, 0.25) is 0 Å². The van der Waals surface area contributed by atoms with Gasteiger partial charge in [-0.25, -0.2) is 0 Å². The minimum absolute atomic E-state index is 0.349. The van der Waals surface area contributed by atoms with Crippen molar-refractivity contribution in [3.05, 3.63) is 35.9 Å². The Balaban J connectivity index is 1.89. The molecule has 0 aromatic heterocycles. The molecule has 0 amide bonds. The number of benzene rings is 1. The van der Waals surface area contributed by atoms with E-state index in [4.69, 9.17) is 4.74 Å². The largest absolute Gasteiger partial charge is 0.376 e. The standard InChI is InChI=1S/C20H31NO/c1-19(2)16-11-12-20(19,3)17(15-9-7-6-8-10-15)18(16)22-14-13-21(4)5/h6-10,16-18H,11-14H2,1-5H3/t16-,17+,18-,20+/m1/s1. The lowest BCUT2D eigenvalue weighted by molar-refractivity contribution is -0.0137. The summed E-state index contributed by atoms with van der Waals surface area (Å²) in [7, 11) is 4.23. The van der Waals surface area contributed by atoms with E-state index in [-0.39, 0.29) is 0 Å². The van der Waals surface area contributed by atoms with E-state index in [1.54, 1.807) is 0 Å². The maximum absolute atomic E-state index is 6.47. The van der Waals surface area contributed by atoms with Crippen molar-refractivity contribution in [2.75, 3.05) is 27.2 Å². The number of nitrogens with zero attached hydrogens (tertiary/aromatic N) is 1. The fourth-order valence-corrected chi connectivity index (χ4v) is 5.09. The molecule has 0 heterocycles. The Hall–Kier alpha value is -0.860. The zero-order valence-corrected chi connectivity index (χ0v) is 14.8.